The van der Waals surface area contributed by atoms with E-state index in [0.717, 1.165) is 0 Å². The van der Waals surface area contributed by atoms with Crippen molar-refractivity contribution < 1.29 is 33.0 Å². The second kappa shape index (κ2) is 8.69. The lowest BCUT2D eigenvalue weighted by Gasteiger charge is -2.12. The zero-order valence-electron chi connectivity index (χ0n) is 10.8. The van der Waals surface area contributed by atoms with Gasteiger partial charge in [-0.05, 0) is 12.1 Å². The number of carboxylic acids is 1. The lowest BCUT2D eigenvalue weighted by molar-refractivity contribution is -0.142. The number of amides is 2. The number of rotatable bonds is 8. The quantitative estimate of drug-likeness (QED) is 0.633. The number of hydrogen-bond acceptors (Lipinski definition) is 4. The minimum absolute atomic E-state index is 0.00883. The summed E-state index contributed by atoms with van der Waals surface area (Å²) in [5, 5.41) is 13.0. The van der Waals surface area contributed by atoms with E-state index >= 15 is 0 Å². The van der Waals surface area contributed by atoms with E-state index < -0.39 is 25.2 Å². The Bertz CT molecular complexity index is 484. The first-order valence-electron chi connectivity index (χ1n) is 5.87. The fourth-order valence-corrected chi connectivity index (χ4v) is 1.33. The minimum Gasteiger partial charge on any atom is -0.480 e. The van der Waals surface area contributed by atoms with Crippen LogP contribution < -0.4 is 15.4 Å². The molecular formula is C12H14F2N2O5. The van der Waals surface area contributed by atoms with Gasteiger partial charge in [-0.1, -0.05) is 12.1 Å². The third kappa shape index (κ3) is 7.06. The number of carboxylic acid groups (broad SMARTS) is 1. The Morgan fingerprint density at radius 2 is 2.00 bits per heavy atom. The number of carbonyl (C=O) groups excluding carboxylic acids is 1. The molecule has 0 saturated carbocycles. The number of carbonyl (C=O) groups is 2. The van der Waals surface area contributed by atoms with Crippen LogP contribution in [-0.4, -0.2) is 43.5 Å². The molecule has 9 heteroatoms. The van der Waals surface area contributed by atoms with Gasteiger partial charge in [-0.2, -0.15) is 8.78 Å². The van der Waals surface area contributed by atoms with Crippen LogP contribution in [0.2, 0.25) is 0 Å². The van der Waals surface area contributed by atoms with Crippen LogP contribution in [0.5, 0.6) is 5.75 Å². The Balaban J connectivity index is 2.39. The van der Waals surface area contributed by atoms with Crippen LogP contribution in [0, 0.1) is 0 Å². The predicted molar refractivity (Wildman–Crippen MR) is 68.6 cm³/mol. The van der Waals surface area contributed by atoms with Gasteiger partial charge in [0.1, 0.15) is 12.4 Å². The van der Waals surface area contributed by atoms with Crippen molar-refractivity contribution in [2.75, 3.05) is 25.1 Å². The molecule has 0 saturated heterocycles. The van der Waals surface area contributed by atoms with Gasteiger partial charge < -0.3 is 25.2 Å². The Hall–Kier alpha value is -2.42. The summed E-state index contributed by atoms with van der Waals surface area (Å²) >= 11 is 0. The average molecular weight is 304 g/mol. The molecule has 0 aliphatic rings. The number of benzene rings is 1. The van der Waals surface area contributed by atoms with Crippen LogP contribution in [-0.2, 0) is 9.53 Å². The molecule has 1 aromatic carbocycles. The molecule has 0 aliphatic heterocycles. The molecule has 0 aliphatic carbocycles. The molecule has 0 heterocycles. The first-order chi connectivity index (χ1) is 9.99. The van der Waals surface area contributed by atoms with E-state index in [0.29, 0.717) is 0 Å². The summed E-state index contributed by atoms with van der Waals surface area (Å²) < 4.78 is 33.3. The number of alkyl halides is 2. The Morgan fingerprint density at radius 3 is 2.67 bits per heavy atom. The number of urea groups is 1. The Kier molecular flexibility index (Phi) is 6.88. The molecule has 0 aromatic heterocycles. The van der Waals surface area contributed by atoms with Gasteiger partial charge in [0, 0.05) is 6.54 Å². The molecule has 3 N–H and O–H groups in total. The maximum absolute atomic E-state index is 12.2. The highest BCUT2D eigenvalue weighted by Crippen LogP contribution is 2.25. The van der Waals surface area contributed by atoms with Crippen LogP contribution in [0.4, 0.5) is 19.3 Å². The predicted octanol–water partition coefficient (Wildman–Crippen LogP) is 1.51. The molecule has 0 unspecified atom stereocenters. The number of nitrogens with one attached hydrogen (secondary N) is 2. The molecular weight excluding hydrogens is 290 g/mol. The summed E-state index contributed by atoms with van der Waals surface area (Å²) in [7, 11) is 0. The van der Waals surface area contributed by atoms with E-state index in [4.69, 9.17) is 9.84 Å². The normalized spacial score (nSPS) is 10.2. The van der Waals surface area contributed by atoms with Gasteiger partial charge >= 0.3 is 18.6 Å². The van der Waals surface area contributed by atoms with Crippen molar-refractivity contribution in [1.29, 1.82) is 0 Å². The highest BCUT2D eigenvalue weighted by molar-refractivity contribution is 5.90. The summed E-state index contributed by atoms with van der Waals surface area (Å²) in [6.07, 6.45) is 0. The van der Waals surface area contributed by atoms with Gasteiger partial charge in [-0.15, -0.1) is 0 Å². The van der Waals surface area contributed by atoms with Crippen molar-refractivity contribution in [1.82, 2.24) is 5.32 Å². The standard InChI is InChI=1S/C12H14F2N2O5/c13-11(14)21-9-4-2-1-3-8(9)16-12(19)15-5-6-20-7-10(17)18/h1-4,11H,5-7H2,(H,17,18)(H2,15,16,19). The summed E-state index contributed by atoms with van der Waals surface area (Å²) in [6, 6.07) is 5.07. The number of halogens is 2. The van der Waals surface area contributed by atoms with Crippen LogP contribution in [0.3, 0.4) is 0 Å². The highest BCUT2D eigenvalue weighted by Gasteiger charge is 2.11. The van der Waals surface area contributed by atoms with E-state index in [1.807, 2.05) is 0 Å². The second-order valence-corrected chi connectivity index (χ2v) is 3.70. The van der Waals surface area contributed by atoms with Crippen LogP contribution >= 0.6 is 0 Å². The fourth-order valence-electron chi connectivity index (χ4n) is 1.33. The first kappa shape index (κ1) is 16.6. The van der Waals surface area contributed by atoms with Crippen molar-refractivity contribution in [2.45, 2.75) is 6.61 Å². The summed E-state index contributed by atoms with van der Waals surface area (Å²) in [5.74, 6) is -1.28. The van der Waals surface area contributed by atoms with Gasteiger partial charge in [0.2, 0.25) is 0 Å². The molecule has 0 atom stereocenters. The number of aliphatic carboxylic acids is 1. The number of para-hydroxylation sites is 2. The van der Waals surface area contributed by atoms with E-state index in [9.17, 15) is 18.4 Å². The van der Waals surface area contributed by atoms with E-state index in [2.05, 4.69) is 15.4 Å². The van der Waals surface area contributed by atoms with Crippen LogP contribution in [0.25, 0.3) is 0 Å². The van der Waals surface area contributed by atoms with Gasteiger partial charge in [0.25, 0.3) is 0 Å². The van der Waals surface area contributed by atoms with E-state index in [-0.39, 0.29) is 24.6 Å². The Labute approximate surface area is 118 Å². The van der Waals surface area contributed by atoms with E-state index in [1.54, 1.807) is 6.07 Å². The second-order valence-electron chi connectivity index (χ2n) is 3.70. The fraction of sp³-hybridized carbons (Fsp3) is 0.333. The largest absolute Gasteiger partial charge is 0.480 e. The number of hydrogen-bond donors (Lipinski definition) is 3. The molecule has 116 valence electrons. The van der Waals surface area contributed by atoms with Crippen molar-refractivity contribution >= 4 is 17.7 Å². The summed E-state index contributed by atoms with van der Waals surface area (Å²) in [6.45, 7) is -3.39. The molecule has 0 bridgehead atoms. The van der Waals surface area contributed by atoms with Crippen molar-refractivity contribution in [3.63, 3.8) is 0 Å². The van der Waals surface area contributed by atoms with Gasteiger partial charge in [-0.25, -0.2) is 9.59 Å². The molecule has 7 nitrogen and oxygen atoms in total. The first-order valence-corrected chi connectivity index (χ1v) is 5.87. The molecule has 0 spiro atoms. The summed E-state index contributed by atoms with van der Waals surface area (Å²) in [5.41, 5.74) is 0.0850. The highest BCUT2D eigenvalue weighted by atomic mass is 19.3. The average Bonchev–Trinajstić information content (AvgIpc) is 2.39. The van der Waals surface area contributed by atoms with Crippen molar-refractivity contribution in [2.24, 2.45) is 0 Å². The molecule has 21 heavy (non-hydrogen) atoms. The summed E-state index contributed by atoms with van der Waals surface area (Å²) in [4.78, 5) is 21.7. The van der Waals surface area contributed by atoms with Crippen LogP contribution in [0.1, 0.15) is 0 Å². The molecule has 0 radical (unpaired) electrons. The van der Waals surface area contributed by atoms with Gasteiger partial charge in [0.15, 0.2) is 0 Å². The van der Waals surface area contributed by atoms with Gasteiger partial charge in [0.05, 0.1) is 12.3 Å². The lowest BCUT2D eigenvalue weighted by Crippen LogP contribution is -2.32. The van der Waals surface area contributed by atoms with E-state index in [1.165, 1.54) is 18.2 Å². The lowest BCUT2D eigenvalue weighted by atomic mass is 10.3. The third-order valence-corrected chi connectivity index (χ3v) is 2.11. The molecule has 0 fully saturated rings. The molecule has 1 aromatic rings. The Morgan fingerprint density at radius 1 is 1.29 bits per heavy atom. The minimum atomic E-state index is -3.00. The monoisotopic (exact) mass is 304 g/mol. The topological polar surface area (TPSA) is 96.9 Å². The number of anilines is 1. The van der Waals surface area contributed by atoms with Crippen LogP contribution in [0.15, 0.2) is 24.3 Å². The maximum Gasteiger partial charge on any atom is 0.387 e. The third-order valence-electron chi connectivity index (χ3n) is 2.11. The molecule has 1 rings (SSSR count). The van der Waals surface area contributed by atoms with Crippen molar-refractivity contribution in [3.05, 3.63) is 24.3 Å². The van der Waals surface area contributed by atoms with Crippen molar-refractivity contribution in [3.8, 4) is 5.75 Å². The van der Waals surface area contributed by atoms with Gasteiger partial charge in [-0.3, -0.25) is 0 Å². The zero-order valence-corrected chi connectivity index (χ0v) is 10.8. The maximum atomic E-state index is 12.2. The SMILES string of the molecule is O=C(O)COCCNC(=O)Nc1ccccc1OC(F)F. The zero-order chi connectivity index (χ0) is 15.7. The smallest absolute Gasteiger partial charge is 0.387 e. The number of ether oxygens (including phenoxy) is 2. The molecule has 2 amide bonds.